The number of piperidine rings is 3. The summed E-state index contributed by atoms with van der Waals surface area (Å²) < 4.78 is 23.6. The average molecular weight is 631 g/mol. The molecule has 3 saturated heterocycles. The van der Waals surface area contributed by atoms with Gasteiger partial charge in [0.1, 0.15) is 11.9 Å². The molecule has 5 rings (SSSR count). The molecule has 0 spiro atoms. The van der Waals surface area contributed by atoms with E-state index in [0.29, 0.717) is 12.3 Å². The summed E-state index contributed by atoms with van der Waals surface area (Å²) in [5, 5.41) is 1.07. The van der Waals surface area contributed by atoms with Gasteiger partial charge in [0.15, 0.2) is 0 Å². The van der Waals surface area contributed by atoms with Gasteiger partial charge < -0.3 is 18.3 Å². The molecule has 0 N–H and O–H groups in total. The summed E-state index contributed by atoms with van der Waals surface area (Å²) in [6.45, 7) is 11.2. The minimum absolute atomic E-state index is 0.0640. The normalized spacial score (nSPS) is 23.0. The van der Waals surface area contributed by atoms with E-state index in [2.05, 4.69) is 37.2 Å². The highest BCUT2D eigenvalue weighted by Gasteiger charge is 2.46. The van der Waals surface area contributed by atoms with E-state index in [1.807, 2.05) is 42.2 Å². The first-order valence-electron chi connectivity index (χ1n) is 16.2. The molecule has 0 aliphatic carbocycles. The first-order valence-corrected chi connectivity index (χ1v) is 19.7. The molecule has 1 aromatic heterocycles. The molecule has 7 nitrogen and oxygen atoms in total. The standard InChI is InChI=1S/C34H54N2O5SSi/c1-8-25-24-36-19-16-26(25)22-31(36)33(28-15-18-35-30-14-13-27(38-4)23-29(28)30)41-32(37)12-9-10-20-42-21-11-17-34(2,3)43(7,39-5)40-6/h13-15,18,23,25-26,31,33H,8-12,16-17,19-22,24H2,1-7H3/t25?,26?,31-,33?/m0/s1. The summed E-state index contributed by atoms with van der Waals surface area (Å²) in [4.78, 5) is 20.5. The number of benzene rings is 1. The van der Waals surface area contributed by atoms with E-state index < -0.39 is 8.56 Å². The van der Waals surface area contributed by atoms with Gasteiger partial charge in [-0.25, -0.2) is 0 Å². The van der Waals surface area contributed by atoms with Crippen molar-refractivity contribution in [1.29, 1.82) is 0 Å². The van der Waals surface area contributed by atoms with Crippen LogP contribution in [0.5, 0.6) is 5.75 Å². The van der Waals surface area contributed by atoms with Gasteiger partial charge in [-0.2, -0.15) is 11.8 Å². The predicted octanol–water partition coefficient (Wildman–Crippen LogP) is 7.78. The third-order valence-electron chi connectivity index (χ3n) is 10.4. The first-order chi connectivity index (χ1) is 20.7. The van der Waals surface area contributed by atoms with E-state index in [4.69, 9.17) is 18.3 Å². The summed E-state index contributed by atoms with van der Waals surface area (Å²) in [6, 6.07) is 8.21. The lowest BCUT2D eigenvalue weighted by molar-refractivity contribution is -0.158. The molecule has 3 aliphatic heterocycles. The van der Waals surface area contributed by atoms with Crippen LogP contribution in [0.3, 0.4) is 0 Å². The molecule has 5 atom stereocenters. The molecule has 0 saturated carbocycles. The van der Waals surface area contributed by atoms with E-state index in [0.717, 1.165) is 84.8 Å². The largest absolute Gasteiger partial charge is 0.497 e. The van der Waals surface area contributed by atoms with Crippen molar-refractivity contribution in [3.8, 4) is 5.75 Å². The summed E-state index contributed by atoms with van der Waals surface area (Å²) >= 11 is 1.98. The highest BCUT2D eigenvalue weighted by Crippen LogP contribution is 2.45. The van der Waals surface area contributed by atoms with Gasteiger partial charge in [0.2, 0.25) is 0 Å². The zero-order valence-corrected chi connectivity index (χ0v) is 29.3. The van der Waals surface area contributed by atoms with Crippen molar-refractivity contribution in [2.45, 2.75) is 95.9 Å². The van der Waals surface area contributed by atoms with Crippen LogP contribution >= 0.6 is 11.8 Å². The van der Waals surface area contributed by atoms with E-state index in [9.17, 15) is 4.79 Å². The summed E-state index contributed by atoms with van der Waals surface area (Å²) in [7, 11) is 3.06. The number of fused-ring (bicyclic) bond motifs is 4. The van der Waals surface area contributed by atoms with Crippen molar-refractivity contribution in [3.05, 3.63) is 36.0 Å². The lowest BCUT2D eigenvalue weighted by Crippen LogP contribution is -2.55. The number of thioether (sulfide) groups is 1. The molecule has 3 fully saturated rings. The maximum Gasteiger partial charge on any atom is 0.340 e. The van der Waals surface area contributed by atoms with E-state index in [1.54, 1.807) is 21.3 Å². The van der Waals surface area contributed by atoms with Gasteiger partial charge in [-0.3, -0.25) is 14.7 Å². The number of methoxy groups -OCH3 is 1. The molecular weight excluding hydrogens is 577 g/mol. The van der Waals surface area contributed by atoms with Gasteiger partial charge in [-0.1, -0.05) is 27.2 Å². The number of carbonyl (C=O) groups is 1. The summed E-state index contributed by atoms with van der Waals surface area (Å²) in [5.41, 5.74) is 1.95. The Morgan fingerprint density at radius 1 is 1.14 bits per heavy atom. The molecule has 4 unspecified atom stereocenters. The molecule has 43 heavy (non-hydrogen) atoms. The molecule has 2 bridgehead atoms. The average Bonchev–Trinajstić information content (AvgIpc) is 3.03. The fraction of sp³-hybridized carbons (Fsp3) is 0.706. The second kappa shape index (κ2) is 15.6. The lowest BCUT2D eigenvalue weighted by atomic mass is 9.72. The van der Waals surface area contributed by atoms with Crippen LogP contribution in [-0.4, -0.2) is 76.4 Å². The number of hydrogen-bond donors (Lipinski definition) is 0. The van der Waals surface area contributed by atoms with Crippen LogP contribution in [0.25, 0.3) is 10.9 Å². The number of ether oxygens (including phenoxy) is 2. The van der Waals surface area contributed by atoms with Gasteiger partial charge in [0.25, 0.3) is 0 Å². The smallest absolute Gasteiger partial charge is 0.340 e. The highest BCUT2D eigenvalue weighted by atomic mass is 32.2. The van der Waals surface area contributed by atoms with E-state index in [1.165, 1.54) is 12.8 Å². The SMILES string of the molecule is CCC1CN2CCC1C[C@H]2C(OC(=O)CCCCSCCCC(C)(C)[Si](C)(OC)OC)c1ccnc2ccc(OC)cc12. The van der Waals surface area contributed by atoms with Gasteiger partial charge in [0.05, 0.1) is 18.7 Å². The Labute approximate surface area is 265 Å². The van der Waals surface area contributed by atoms with Crippen LogP contribution in [0.15, 0.2) is 30.5 Å². The van der Waals surface area contributed by atoms with Crippen LogP contribution in [0, 0.1) is 11.8 Å². The number of hydrogen-bond acceptors (Lipinski definition) is 8. The van der Waals surface area contributed by atoms with Gasteiger partial charge in [-0.15, -0.1) is 0 Å². The Bertz CT molecular complexity index is 1190. The van der Waals surface area contributed by atoms with Crippen LogP contribution in [0.1, 0.15) is 83.8 Å². The van der Waals surface area contributed by atoms with E-state index in [-0.39, 0.29) is 23.2 Å². The predicted molar refractivity (Wildman–Crippen MR) is 179 cm³/mol. The Morgan fingerprint density at radius 3 is 2.58 bits per heavy atom. The summed E-state index contributed by atoms with van der Waals surface area (Å²) in [6.07, 6.45) is 9.62. The van der Waals surface area contributed by atoms with Gasteiger partial charge >= 0.3 is 14.5 Å². The molecule has 4 heterocycles. The Hall–Kier alpha value is -1.65. The molecule has 0 amide bonds. The van der Waals surface area contributed by atoms with Crippen molar-refractivity contribution in [2.24, 2.45) is 11.8 Å². The van der Waals surface area contributed by atoms with Gasteiger partial charge in [-0.05, 0) is 99.2 Å². The fourth-order valence-corrected chi connectivity index (χ4v) is 9.95. The number of rotatable bonds is 17. The van der Waals surface area contributed by atoms with Crippen LogP contribution in [-0.2, 0) is 18.4 Å². The highest BCUT2D eigenvalue weighted by molar-refractivity contribution is 7.99. The second-order valence-corrected chi connectivity index (χ2v) is 18.4. The zero-order valence-electron chi connectivity index (χ0n) is 27.5. The quantitative estimate of drug-likeness (QED) is 0.0997. The Morgan fingerprint density at radius 2 is 1.91 bits per heavy atom. The lowest BCUT2D eigenvalue weighted by Gasteiger charge is -2.51. The number of unbranched alkanes of at least 4 members (excludes halogenated alkanes) is 1. The Kier molecular flexibility index (Phi) is 12.4. The second-order valence-electron chi connectivity index (χ2n) is 13.1. The molecule has 9 heteroatoms. The maximum atomic E-state index is 13.3. The molecular formula is C34H54N2O5SSi. The summed E-state index contributed by atoms with van der Waals surface area (Å²) in [5.74, 6) is 4.31. The van der Waals surface area contributed by atoms with Crippen molar-refractivity contribution in [3.63, 3.8) is 0 Å². The molecule has 240 valence electrons. The van der Waals surface area contributed by atoms with Crippen molar-refractivity contribution in [2.75, 3.05) is 45.9 Å². The zero-order chi connectivity index (χ0) is 31.0. The van der Waals surface area contributed by atoms with Crippen molar-refractivity contribution >= 4 is 37.2 Å². The van der Waals surface area contributed by atoms with Gasteiger partial charge in [0, 0.05) is 49.4 Å². The third kappa shape index (κ3) is 8.15. The number of nitrogens with zero attached hydrogens (tertiary/aromatic N) is 2. The monoisotopic (exact) mass is 630 g/mol. The number of esters is 1. The molecule has 1 aromatic carbocycles. The van der Waals surface area contributed by atoms with Crippen LogP contribution in [0.2, 0.25) is 11.6 Å². The molecule has 2 aromatic rings. The van der Waals surface area contributed by atoms with E-state index >= 15 is 0 Å². The van der Waals surface area contributed by atoms with Crippen LogP contribution in [0.4, 0.5) is 0 Å². The third-order valence-corrected chi connectivity index (χ3v) is 15.8. The Balaban J connectivity index is 1.33. The maximum absolute atomic E-state index is 13.3. The topological polar surface area (TPSA) is 70.1 Å². The minimum atomic E-state index is -2.17. The van der Waals surface area contributed by atoms with Crippen molar-refractivity contribution < 1.29 is 23.1 Å². The first kappa shape index (κ1) is 34.2. The minimum Gasteiger partial charge on any atom is -0.497 e. The number of pyridine rings is 1. The fourth-order valence-electron chi connectivity index (χ4n) is 7.08. The van der Waals surface area contributed by atoms with Crippen LogP contribution < -0.4 is 4.74 Å². The molecule has 0 radical (unpaired) electrons. The molecule has 3 aliphatic rings. The van der Waals surface area contributed by atoms with Crippen molar-refractivity contribution in [1.82, 2.24) is 9.88 Å². The number of carbonyl (C=O) groups excluding carboxylic acids is 1. The number of aromatic nitrogens is 1.